The molecule has 0 bridgehead atoms. The van der Waals surface area contributed by atoms with Crippen LogP contribution < -0.4 is 9.75 Å². The SMILES string of the molecule is CN(N=O)c1cccc(OC(F)(F)F)c1. The van der Waals surface area contributed by atoms with Crippen molar-refractivity contribution >= 4 is 5.69 Å². The van der Waals surface area contributed by atoms with Gasteiger partial charge < -0.3 is 4.74 Å². The number of nitrogens with zero attached hydrogens (tertiary/aromatic N) is 2. The van der Waals surface area contributed by atoms with Crippen LogP contribution in [0.1, 0.15) is 0 Å². The van der Waals surface area contributed by atoms with Gasteiger partial charge >= 0.3 is 6.36 Å². The number of hydrogen-bond acceptors (Lipinski definition) is 3. The van der Waals surface area contributed by atoms with Crippen molar-refractivity contribution in [2.75, 3.05) is 12.1 Å². The van der Waals surface area contributed by atoms with Gasteiger partial charge in [0.05, 0.1) is 11.0 Å². The number of benzene rings is 1. The highest BCUT2D eigenvalue weighted by molar-refractivity contribution is 5.49. The Bertz CT molecular complexity index is 354. The Kier molecular flexibility index (Phi) is 3.13. The van der Waals surface area contributed by atoms with Gasteiger partial charge in [0.15, 0.2) is 0 Å². The number of anilines is 1. The average molecular weight is 220 g/mol. The fourth-order valence-electron chi connectivity index (χ4n) is 0.929. The summed E-state index contributed by atoms with van der Waals surface area (Å²) in [5, 5.41) is 3.43. The second-order valence-corrected chi connectivity index (χ2v) is 2.65. The van der Waals surface area contributed by atoms with Crippen LogP contribution in [-0.4, -0.2) is 13.4 Å². The van der Waals surface area contributed by atoms with E-state index < -0.39 is 12.1 Å². The van der Waals surface area contributed by atoms with Crippen LogP contribution in [0.15, 0.2) is 29.6 Å². The fraction of sp³-hybridized carbons (Fsp3) is 0.250. The molecule has 4 nitrogen and oxygen atoms in total. The van der Waals surface area contributed by atoms with E-state index in [2.05, 4.69) is 10.0 Å². The molecule has 0 amide bonds. The Morgan fingerprint density at radius 3 is 2.60 bits per heavy atom. The smallest absolute Gasteiger partial charge is 0.406 e. The lowest BCUT2D eigenvalue weighted by molar-refractivity contribution is -0.274. The van der Waals surface area contributed by atoms with Crippen molar-refractivity contribution < 1.29 is 17.9 Å². The molecule has 0 aliphatic carbocycles. The lowest BCUT2D eigenvalue weighted by Crippen LogP contribution is -2.17. The number of alkyl halides is 3. The second kappa shape index (κ2) is 4.16. The van der Waals surface area contributed by atoms with E-state index >= 15 is 0 Å². The van der Waals surface area contributed by atoms with E-state index in [1.807, 2.05) is 0 Å². The van der Waals surface area contributed by atoms with Crippen molar-refractivity contribution in [3.8, 4) is 5.75 Å². The van der Waals surface area contributed by atoms with Crippen molar-refractivity contribution in [3.63, 3.8) is 0 Å². The molecule has 1 aromatic rings. The summed E-state index contributed by atoms with van der Waals surface area (Å²) >= 11 is 0. The van der Waals surface area contributed by atoms with Crippen LogP contribution in [0.4, 0.5) is 18.9 Å². The zero-order valence-electron chi connectivity index (χ0n) is 7.65. The highest BCUT2D eigenvalue weighted by Gasteiger charge is 2.31. The second-order valence-electron chi connectivity index (χ2n) is 2.65. The maximum absolute atomic E-state index is 11.8. The Labute approximate surface area is 83.2 Å². The largest absolute Gasteiger partial charge is 0.573 e. The molecule has 0 atom stereocenters. The maximum Gasteiger partial charge on any atom is 0.573 e. The summed E-state index contributed by atoms with van der Waals surface area (Å²) in [4.78, 5) is 10.1. The maximum atomic E-state index is 11.8. The minimum absolute atomic E-state index is 0.215. The van der Waals surface area contributed by atoms with Crippen LogP contribution in [0.5, 0.6) is 5.75 Å². The van der Waals surface area contributed by atoms with Crippen molar-refractivity contribution in [3.05, 3.63) is 29.2 Å². The normalized spacial score (nSPS) is 10.9. The molecule has 0 heterocycles. The number of rotatable bonds is 3. The summed E-state index contributed by atoms with van der Waals surface area (Å²) in [6.07, 6.45) is -4.74. The topological polar surface area (TPSA) is 41.9 Å². The van der Waals surface area contributed by atoms with Crippen LogP contribution in [0, 0.1) is 4.91 Å². The Morgan fingerprint density at radius 1 is 1.40 bits per heavy atom. The molecular weight excluding hydrogens is 213 g/mol. The monoisotopic (exact) mass is 220 g/mol. The van der Waals surface area contributed by atoms with E-state index in [9.17, 15) is 18.1 Å². The fourth-order valence-corrected chi connectivity index (χ4v) is 0.929. The molecule has 0 fully saturated rings. The summed E-state index contributed by atoms with van der Waals surface area (Å²) in [6.45, 7) is 0. The zero-order valence-corrected chi connectivity index (χ0v) is 7.65. The summed E-state index contributed by atoms with van der Waals surface area (Å²) < 4.78 is 39.2. The van der Waals surface area contributed by atoms with Gasteiger partial charge in [0.25, 0.3) is 0 Å². The predicted molar refractivity (Wildman–Crippen MR) is 47.3 cm³/mol. The van der Waals surface area contributed by atoms with Gasteiger partial charge in [-0.15, -0.1) is 18.1 Å². The van der Waals surface area contributed by atoms with E-state index in [0.29, 0.717) is 0 Å². The minimum atomic E-state index is -4.74. The molecule has 0 saturated carbocycles. The predicted octanol–water partition coefficient (Wildman–Crippen LogP) is 2.70. The van der Waals surface area contributed by atoms with Crippen molar-refractivity contribution in [1.29, 1.82) is 0 Å². The summed E-state index contributed by atoms with van der Waals surface area (Å²) in [5.41, 5.74) is 0.215. The van der Waals surface area contributed by atoms with Crippen LogP contribution in [-0.2, 0) is 0 Å². The van der Waals surface area contributed by atoms with Crippen LogP contribution >= 0.6 is 0 Å². The first-order valence-corrected chi connectivity index (χ1v) is 3.85. The van der Waals surface area contributed by atoms with E-state index in [0.717, 1.165) is 17.1 Å². The van der Waals surface area contributed by atoms with Gasteiger partial charge in [0.1, 0.15) is 5.75 Å². The summed E-state index contributed by atoms with van der Waals surface area (Å²) in [7, 11) is 1.32. The molecular formula is C8H7F3N2O2. The van der Waals surface area contributed by atoms with Gasteiger partial charge in [-0.1, -0.05) is 6.07 Å². The third-order valence-electron chi connectivity index (χ3n) is 1.55. The van der Waals surface area contributed by atoms with Crippen molar-refractivity contribution in [2.45, 2.75) is 6.36 Å². The molecule has 15 heavy (non-hydrogen) atoms. The van der Waals surface area contributed by atoms with Gasteiger partial charge in [-0.3, -0.25) is 0 Å². The van der Waals surface area contributed by atoms with Crippen LogP contribution in [0.2, 0.25) is 0 Å². The molecule has 0 saturated heterocycles. The molecule has 0 aromatic heterocycles. The molecule has 1 rings (SSSR count). The zero-order chi connectivity index (χ0) is 11.5. The van der Waals surface area contributed by atoms with Crippen LogP contribution in [0.25, 0.3) is 0 Å². The van der Waals surface area contributed by atoms with Gasteiger partial charge in [0.2, 0.25) is 0 Å². The lowest BCUT2D eigenvalue weighted by atomic mass is 10.3. The molecule has 0 aliphatic heterocycles. The first-order valence-electron chi connectivity index (χ1n) is 3.85. The Morgan fingerprint density at radius 2 is 2.07 bits per heavy atom. The third kappa shape index (κ3) is 3.45. The highest BCUT2D eigenvalue weighted by Crippen LogP contribution is 2.26. The van der Waals surface area contributed by atoms with Crippen molar-refractivity contribution in [1.82, 2.24) is 0 Å². The summed E-state index contributed by atoms with van der Waals surface area (Å²) in [5.74, 6) is -0.393. The Balaban J connectivity index is 2.88. The van der Waals surface area contributed by atoms with E-state index in [1.165, 1.54) is 19.2 Å². The number of nitroso groups, excluding NO2 is 1. The molecule has 1 aromatic carbocycles. The third-order valence-corrected chi connectivity index (χ3v) is 1.55. The number of halogens is 3. The standard InChI is InChI=1S/C8H7F3N2O2/c1-13(12-14)6-3-2-4-7(5-6)15-8(9,10)11/h2-5H,1H3. The molecule has 7 heteroatoms. The summed E-state index contributed by atoms with van der Waals surface area (Å²) in [6, 6.07) is 4.97. The molecule has 82 valence electrons. The molecule has 0 radical (unpaired) electrons. The molecule has 0 aliphatic rings. The number of ether oxygens (including phenoxy) is 1. The quantitative estimate of drug-likeness (QED) is 0.580. The minimum Gasteiger partial charge on any atom is -0.406 e. The Hall–Kier alpha value is -1.79. The van der Waals surface area contributed by atoms with Gasteiger partial charge in [-0.05, 0) is 12.1 Å². The molecule has 0 spiro atoms. The average Bonchev–Trinajstić information content (AvgIpc) is 2.14. The lowest BCUT2D eigenvalue weighted by Gasteiger charge is -2.12. The molecule has 0 N–H and O–H groups in total. The van der Waals surface area contributed by atoms with E-state index in [4.69, 9.17) is 0 Å². The first kappa shape index (κ1) is 11.3. The van der Waals surface area contributed by atoms with Gasteiger partial charge in [-0.2, -0.15) is 0 Å². The van der Waals surface area contributed by atoms with Crippen molar-refractivity contribution in [2.24, 2.45) is 5.29 Å². The van der Waals surface area contributed by atoms with Gasteiger partial charge in [-0.25, -0.2) is 5.01 Å². The number of hydrogen-bond donors (Lipinski definition) is 0. The first-order chi connectivity index (χ1) is 6.92. The van der Waals surface area contributed by atoms with Gasteiger partial charge in [0, 0.05) is 13.1 Å². The molecule has 0 unspecified atom stereocenters. The van der Waals surface area contributed by atoms with E-state index in [1.54, 1.807) is 0 Å². The van der Waals surface area contributed by atoms with Crippen LogP contribution in [0.3, 0.4) is 0 Å². The highest BCUT2D eigenvalue weighted by atomic mass is 19.4. The van der Waals surface area contributed by atoms with E-state index in [-0.39, 0.29) is 5.69 Å².